The molecule has 1 aromatic heterocycles. The predicted molar refractivity (Wildman–Crippen MR) is 57.2 cm³/mol. The van der Waals surface area contributed by atoms with E-state index in [0.717, 1.165) is 12.5 Å². The number of rotatable bonds is 3. The van der Waals surface area contributed by atoms with E-state index in [-0.39, 0.29) is 0 Å². The summed E-state index contributed by atoms with van der Waals surface area (Å²) in [6.07, 6.45) is 4.50. The molecule has 0 saturated carbocycles. The van der Waals surface area contributed by atoms with Crippen molar-refractivity contribution in [3.63, 3.8) is 0 Å². The van der Waals surface area contributed by atoms with Crippen LogP contribution in [0, 0.1) is 5.92 Å². The van der Waals surface area contributed by atoms with Crippen LogP contribution in [0.2, 0.25) is 0 Å². The van der Waals surface area contributed by atoms with E-state index in [0.29, 0.717) is 5.92 Å². The van der Waals surface area contributed by atoms with Crippen molar-refractivity contribution in [2.24, 2.45) is 13.0 Å². The molecular formula is C11H19N3. The first kappa shape index (κ1) is 9.71. The highest BCUT2D eigenvalue weighted by Crippen LogP contribution is 2.30. The third kappa shape index (κ3) is 1.69. The van der Waals surface area contributed by atoms with Crippen LogP contribution in [0.1, 0.15) is 31.4 Å². The van der Waals surface area contributed by atoms with Crippen LogP contribution in [0.4, 0.5) is 0 Å². The van der Waals surface area contributed by atoms with Gasteiger partial charge in [0.1, 0.15) is 0 Å². The maximum absolute atomic E-state index is 4.24. The third-order valence-electron chi connectivity index (χ3n) is 3.24. The van der Waals surface area contributed by atoms with Gasteiger partial charge in [-0.3, -0.25) is 4.68 Å². The van der Waals surface area contributed by atoms with Crippen molar-refractivity contribution in [3.05, 3.63) is 18.0 Å². The van der Waals surface area contributed by atoms with Crippen LogP contribution in [0.5, 0.6) is 0 Å². The summed E-state index contributed by atoms with van der Waals surface area (Å²) in [4.78, 5) is 0. The van der Waals surface area contributed by atoms with Crippen molar-refractivity contribution < 1.29 is 0 Å². The van der Waals surface area contributed by atoms with E-state index in [4.69, 9.17) is 0 Å². The molecule has 0 unspecified atom stereocenters. The molecule has 3 nitrogen and oxygen atoms in total. The van der Waals surface area contributed by atoms with Crippen LogP contribution in [0.3, 0.4) is 0 Å². The van der Waals surface area contributed by atoms with Crippen molar-refractivity contribution >= 4 is 0 Å². The van der Waals surface area contributed by atoms with Crippen LogP contribution in [0.15, 0.2) is 12.3 Å². The quantitative estimate of drug-likeness (QED) is 0.789. The van der Waals surface area contributed by atoms with Gasteiger partial charge in [-0.05, 0) is 24.9 Å². The van der Waals surface area contributed by atoms with Crippen molar-refractivity contribution in [3.8, 4) is 0 Å². The summed E-state index contributed by atoms with van der Waals surface area (Å²) in [5, 5.41) is 7.73. The number of nitrogens with one attached hydrogen (secondary N) is 1. The van der Waals surface area contributed by atoms with Crippen molar-refractivity contribution in [1.82, 2.24) is 15.1 Å². The van der Waals surface area contributed by atoms with Crippen LogP contribution in [-0.4, -0.2) is 22.9 Å². The molecule has 0 bridgehead atoms. The number of hydrogen-bond donors (Lipinski definition) is 1. The first-order chi connectivity index (χ1) is 6.83. The molecule has 78 valence electrons. The fraction of sp³-hybridized carbons (Fsp3) is 0.727. The lowest BCUT2D eigenvalue weighted by Gasteiger charge is -2.17. The molecular weight excluding hydrogens is 174 g/mol. The maximum atomic E-state index is 4.24. The van der Waals surface area contributed by atoms with E-state index in [9.17, 15) is 0 Å². The first-order valence-corrected chi connectivity index (χ1v) is 5.51. The Morgan fingerprint density at radius 3 is 3.07 bits per heavy atom. The molecule has 1 saturated heterocycles. The summed E-state index contributed by atoms with van der Waals surface area (Å²) in [5.74, 6) is 1.47. The van der Waals surface area contributed by atoms with Gasteiger partial charge in [-0.15, -0.1) is 0 Å². The summed E-state index contributed by atoms with van der Waals surface area (Å²) in [6.45, 7) is 4.55. The van der Waals surface area contributed by atoms with Gasteiger partial charge < -0.3 is 5.32 Å². The van der Waals surface area contributed by atoms with Gasteiger partial charge in [0.2, 0.25) is 0 Å². The molecule has 14 heavy (non-hydrogen) atoms. The minimum absolute atomic E-state index is 0.669. The van der Waals surface area contributed by atoms with Gasteiger partial charge in [0.25, 0.3) is 0 Å². The highest BCUT2D eigenvalue weighted by Gasteiger charge is 2.29. The fourth-order valence-corrected chi connectivity index (χ4v) is 2.50. The van der Waals surface area contributed by atoms with Gasteiger partial charge in [0.05, 0.1) is 0 Å². The minimum atomic E-state index is 0.669. The van der Waals surface area contributed by atoms with E-state index in [2.05, 4.69) is 23.4 Å². The smallest absolute Gasteiger partial charge is 0.0492 e. The lowest BCUT2D eigenvalue weighted by Crippen LogP contribution is -2.14. The third-order valence-corrected chi connectivity index (χ3v) is 3.24. The molecule has 1 aliphatic rings. The second-order valence-electron chi connectivity index (χ2n) is 4.19. The highest BCUT2D eigenvalue weighted by molar-refractivity contribution is 5.12. The Hall–Kier alpha value is -0.830. The van der Waals surface area contributed by atoms with E-state index >= 15 is 0 Å². The van der Waals surface area contributed by atoms with Crippen LogP contribution in [0.25, 0.3) is 0 Å². The summed E-state index contributed by atoms with van der Waals surface area (Å²) in [6, 6.07) is 2.15. The van der Waals surface area contributed by atoms with Gasteiger partial charge in [0.15, 0.2) is 0 Å². The molecule has 1 aromatic rings. The summed E-state index contributed by atoms with van der Waals surface area (Å²) >= 11 is 0. The summed E-state index contributed by atoms with van der Waals surface area (Å²) in [7, 11) is 2.04. The lowest BCUT2D eigenvalue weighted by atomic mass is 9.89. The van der Waals surface area contributed by atoms with Gasteiger partial charge >= 0.3 is 0 Å². The van der Waals surface area contributed by atoms with E-state index in [1.807, 2.05) is 17.9 Å². The Labute approximate surface area is 85.5 Å². The molecule has 2 rings (SSSR count). The Balaban J connectivity index is 2.13. The SMILES string of the molecule is CCC[C@@H]1CNC[C@@H]1c1ccnn1C. The highest BCUT2D eigenvalue weighted by atomic mass is 15.3. The second kappa shape index (κ2) is 4.13. The Morgan fingerprint density at radius 2 is 2.43 bits per heavy atom. The maximum Gasteiger partial charge on any atom is 0.0492 e. The van der Waals surface area contributed by atoms with Crippen molar-refractivity contribution in [2.45, 2.75) is 25.7 Å². The minimum Gasteiger partial charge on any atom is -0.316 e. The zero-order valence-electron chi connectivity index (χ0n) is 9.03. The van der Waals surface area contributed by atoms with Crippen LogP contribution in [-0.2, 0) is 7.05 Å². The Morgan fingerprint density at radius 1 is 1.57 bits per heavy atom. The molecule has 0 radical (unpaired) electrons. The molecule has 1 fully saturated rings. The molecule has 1 aliphatic heterocycles. The molecule has 0 spiro atoms. The second-order valence-corrected chi connectivity index (χ2v) is 4.19. The zero-order chi connectivity index (χ0) is 9.97. The number of nitrogens with zero attached hydrogens (tertiary/aromatic N) is 2. The number of hydrogen-bond acceptors (Lipinski definition) is 2. The number of aromatic nitrogens is 2. The molecule has 0 aliphatic carbocycles. The molecule has 3 heteroatoms. The fourth-order valence-electron chi connectivity index (χ4n) is 2.50. The van der Waals surface area contributed by atoms with Crippen LogP contribution >= 0.6 is 0 Å². The van der Waals surface area contributed by atoms with Crippen molar-refractivity contribution in [1.29, 1.82) is 0 Å². The normalized spacial score (nSPS) is 27.0. The standard InChI is InChI=1S/C11H19N3/c1-3-4-9-7-12-8-10(9)11-5-6-13-14(11)2/h5-6,9-10,12H,3-4,7-8H2,1-2H3/t9-,10+/m1/s1. The van der Waals surface area contributed by atoms with Crippen LogP contribution < -0.4 is 5.32 Å². The lowest BCUT2D eigenvalue weighted by molar-refractivity contribution is 0.453. The summed E-state index contributed by atoms with van der Waals surface area (Å²) < 4.78 is 2.01. The molecule has 1 N–H and O–H groups in total. The Kier molecular flexibility index (Phi) is 2.87. The average molecular weight is 193 g/mol. The monoisotopic (exact) mass is 193 g/mol. The first-order valence-electron chi connectivity index (χ1n) is 5.51. The number of aryl methyl sites for hydroxylation is 1. The molecule has 2 heterocycles. The van der Waals surface area contributed by atoms with E-state index in [1.54, 1.807) is 0 Å². The van der Waals surface area contributed by atoms with E-state index in [1.165, 1.54) is 25.1 Å². The predicted octanol–water partition coefficient (Wildman–Crippen LogP) is 1.52. The van der Waals surface area contributed by atoms with E-state index < -0.39 is 0 Å². The van der Waals surface area contributed by atoms with Gasteiger partial charge in [-0.25, -0.2) is 0 Å². The Bertz CT molecular complexity index is 292. The molecule has 2 atom stereocenters. The van der Waals surface area contributed by atoms with Gasteiger partial charge in [0, 0.05) is 31.4 Å². The summed E-state index contributed by atoms with van der Waals surface area (Å²) in [5.41, 5.74) is 1.38. The van der Waals surface area contributed by atoms with Gasteiger partial charge in [-0.1, -0.05) is 13.3 Å². The zero-order valence-corrected chi connectivity index (χ0v) is 9.03. The van der Waals surface area contributed by atoms with Crippen molar-refractivity contribution in [2.75, 3.05) is 13.1 Å². The molecule has 0 aromatic carbocycles. The molecule has 0 amide bonds. The van der Waals surface area contributed by atoms with Gasteiger partial charge in [-0.2, -0.15) is 5.10 Å². The topological polar surface area (TPSA) is 29.9 Å². The average Bonchev–Trinajstić information content (AvgIpc) is 2.74. The largest absolute Gasteiger partial charge is 0.316 e.